The molecular weight excluding hydrogens is 394 g/mol. The lowest BCUT2D eigenvalue weighted by Crippen LogP contribution is -2.08. The van der Waals surface area contributed by atoms with Crippen molar-refractivity contribution in [2.24, 2.45) is 0 Å². The van der Waals surface area contributed by atoms with Crippen LogP contribution < -0.4 is 4.74 Å². The van der Waals surface area contributed by atoms with E-state index in [2.05, 4.69) is 27.0 Å². The van der Waals surface area contributed by atoms with Crippen LogP contribution in [0.5, 0.6) is 5.75 Å². The Kier molecular flexibility index (Phi) is 6.32. The van der Waals surface area contributed by atoms with E-state index in [4.69, 9.17) is 10.00 Å². The van der Waals surface area contributed by atoms with E-state index in [1.807, 2.05) is 54.1 Å². The molecule has 30 heavy (non-hydrogen) atoms. The van der Waals surface area contributed by atoms with E-state index in [9.17, 15) is 0 Å². The molecule has 0 aliphatic heterocycles. The first-order valence-electron chi connectivity index (χ1n) is 9.89. The SMILES string of the molecule is Cc1cc(OCc2nnc(SC3CCCC3)n2-c2cccnc2)ccc1C#CC#N. The average Bonchev–Trinajstić information content (AvgIpc) is 3.42. The van der Waals surface area contributed by atoms with Crippen LogP contribution >= 0.6 is 11.8 Å². The van der Waals surface area contributed by atoms with E-state index in [0.717, 1.165) is 33.5 Å². The molecule has 0 unspecified atom stereocenters. The van der Waals surface area contributed by atoms with Gasteiger partial charge in [0, 0.05) is 22.9 Å². The number of rotatable bonds is 6. The lowest BCUT2D eigenvalue weighted by atomic mass is 10.1. The molecule has 0 amide bonds. The summed E-state index contributed by atoms with van der Waals surface area (Å²) in [5.74, 6) is 6.71. The summed E-state index contributed by atoms with van der Waals surface area (Å²) in [6, 6.07) is 11.4. The van der Waals surface area contributed by atoms with Gasteiger partial charge in [-0.3, -0.25) is 9.55 Å². The fourth-order valence-electron chi connectivity index (χ4n) is 3.48. The number of nitrogens with zero attached hydrogens (tertiary/aromatic N) is 5. The molecule has 0 saturated heterocycles. The van der Waals surface area contributed by atoms with Crippen LogP contribution in [0.1, 0.15) is 42.6 Å². The molecule has 1 saturated carbocycles. The molecule has 0 N–H and O–H groups in total. The predicted octanol–water partition coefficient (Wildman–Crippen LogP) is 4.46. The lowest BCUT2D eigenvalue weighted by Gasteiger charge is -2.13. The van der Waals surface area contributed by atoms with Crippen molar-refractivity contribution in [2.75, 3.05) is 0 Å². The second-order valence-corrected chi connectivity index (χ2v) is 8.36. The third-order valence-corrected chi connectivity index (χ3v) is 6.28. The maximum absolute atomic E-state index is 8.63. The van der Waals surface area contributed by atoms with Gasteiger partial charge in [0.1, 0.15) is 12.4 Å². The molecule has 0 bridgehead atoms. The summed E-state index contributed by atoms with van der Waals surface area (Å²) in [4.78, 5) is 4.26. The second-order valence-electron chi connectivity index (χ2n) is 7.10. The number of aromatic nitrogens is 4. The highest BCUT2D eigenvalue weighted by atomic mass is 32.2. The molecule has 2 aromatic heterocycles. The van der Waals surface area contributed by atoms with Crippen LogP contribution in [0.3, 0.4) is 0 Å². The lowest BCUT2D eigenvalue weighted by molar-refractivity contribution is 0.292. The van der Waals surface area contributed by atoms with Crippen LogP contribution in [0.2, 0.25) is 0 Å². The largest absolute Gasteiger partial charge is 0.486 e. The highest BCUT2D eigenvalue weighted by Gasteiger charge is 2.22. The van der Waals surface area contributed by atoms with Gasteiger partial charge in [-0.2, -0.15) is 5.26 Å². The highest BCUT2D eigenvalue weighted by Crippen LogP contribution is 2.35. The summed E-state index contributed by atoms with van der Waals surface area (Å²) in [6.45, 7) is 2.23. The monoisotopic (exact) mass is 415 g/mol. The molecule has 6 nitrogen and oxygen atoms in total. The Labute approximate surface area is 180 Å². The third kappa shape index (κ3) is 4.64. The van der Waals surface area contributed by atoms with Gasteiger partial charge in [-0.05, 0) is 55.7 Å². The van der Waals surface area contributed by atoms with Gasteiger partial charge in [-0.1, -0.05) is 30.5 Å². The van der Waals surface area contributed by atoms with Crippen molar-refractivity contribution in [3.8, 4) is 29.3 Å². The smallest absolute Gasteiger partial charge is 0.196 e. The summed E-state index contributed by atoms with van der Waals surface area (Å²) < 4.78 is 8.05. The number of aryl methyl sites for hydroxylation is 1. The molecule has 0 atom stereocenters. The van der Waals surface area contributed by atoms with Crippen LogP contribution in [-0.4, -0.2) is 25.0 Å². The van der Waals surface area contributed by atoms with Gasteiger partial charge < -0.3 is 4.74 Å². The normalized spacial score (nSPS) is 13.5. The molecule has 3 aromatic rings. The first kappa shape index (κ1) is 20.0. The van der Waals surface area contributed by atoms with Crippen molar-refractivity contribution in [1.82, 2.24) is 19.7 Å². The first-order chi connectivity index (χ1) is 14.7. The Morgan fingerprint density at radius 3 is 2.83 bits per heavy atom. The molecule has 4 rings (SSSR count). The number of thioether (sulfide) groups is 1. The zero-order valence-corrected chi connectivity index (χ0v) is 17.5. The van der Waals surface area contributed by atoms with Crippen LogP contribution in [0.15, 0.2) is 47.9 Å². The van der Waals surface area contributed by atoms with Gasteiger partial charge in [0.25, 0.3) is 0 Å². The van der Waals surface area contributed by atoms with Gasteiger partial charge in [-0.25, -0.2) is 0 Å². The number of hydrogen-bond donors (Lipinski definition) is 0. The van der Waals surface area contributed by atoms with Gasteiger partial charge in [0.2, 0.25) is 0 Å². The highest BCUT2D eigenvalue weighted by molar-refractivity contribution is 7.99. The fraction of sp³-hybridized carbons (Fsp3) is 0.304. The van der Waals surface area contributed by atoms with Crippen molar-refractivity contribution in [3.05, 3.63) is 59.7 Å². The number of benzene rings is 1. The Balaban J connectivity index is 1.56. The number of nitriles is 1. The number of hydrogen-bond acceptors (Lipinski definition) is 6. The zero-order chi connectivity index (χ0) is 20.8. The minimum atomic E-state index is 0.287. The van der Waals surface area contributed by atoms with Gasteiger partial charge in [0.05, 0.1) is 11.9 Å². The summed E-state index contributed by atoms with van der Waals surface area (Å²) in [5, 5.41) is 19.0. The molecule has 2 heterocycles. The molecule has 0 spiro atoms. The molecule has 7 heteroatoms. The van der Waals surface area contributed by atoms with E-state index < -0.39 is 0 Å². The summed E-state index contributed by atoms with van der Waals surface area (Å²) >= 11 is 1.79. The summed E-state index contributed by atoms with van der Waals surface area (Å²) in [5.41, 5.74) is 2.71. The van der Waals surface area contributed by atoms with Crippen molar-refractivity contribution < 1.29 is 4.74 Å². The molecule has 1 fully saturated rings. The third-order valence-electron chi connectivity index (χ3n) is 5.00. The van der Waals surface area contributed by atoms with Crippen molar-refractivity contribution in [3.63, 3.8) is 0 Å². The van der Waals surface area contributed by atoms with Gasteiger partial charge >= 0.3 is 0 Å². The standard InChI is InChI=1S/C23H21N5OS/c1-17-14-20(11-10-18(17)6-4-12-24)29-16-22-26-27-23(30-21-8-2-3-9-21)28(22)19-7-5-13-25-15-19/h5,7,10-11,13-15,21H,2-3,8-9,16H2,1H3. The van der Waals surface area contributed by atoms with Gasteiger partial charge in [0.15, 0.2) is 17.1 Å². The summed E-state index contributed by atoms with van der Waals surface area (Å²) in [7, 11) is 0. The van der Waals surface area contributed by atoms with E-state index in [1.54, 1.807) is 18.0 Å². The van der Waals surface area contributed by atoms with E-state index in [-0.39, 0.29) is 6.61 Å². The van der Waals surface area contributed by atoms with E-state index in [1.165, 1.54) is 25.7 Å². The Morgan fingerprint density at radius 1 is 1.23 bits per heavy atom. The maximum Gasteiger partial charge on any atom is 0.196 e. The second kappa shape index (κ2) is 9.47. The number of pyridine rings is 1. The molecular formula is C23H21N5OS. The van der Waals surface area contributed by atoms with Gasteiger partial charge in [-0.15, -0.1) is 10.2 Å². The van der Waals surface area contributed by atoms with Crippen LogP contribution in [0, 0.1) is 30.1 Å². The maximum atomic E-state index is 8.63. The van der Waals surface area contributed by atoms with E-state index >= 15 is 0 Å². The average molecular weight is 416 g/mol. The van der Waals surface area contributed by atoms with Crippen LogP contribution in [-0.2, 0) is 6.61 Å². The minimum absolute atomic E-state index is 0.287. The first-order valence-corrected chi connectivity index (χ1v) is 10.8. The summed E-state index contributed by atoms with van der Waals surface area (Å²) in [6.07, 6.45) is 8.57. The van der Waals surface area contributed by atoms with E-state index in [0.29, 0.717) is 5.25 Å². The fourth-order valence-corrected chi connectivity index (χ4v) is 4.75. The molecule has 1 aliphatic carbocycles. The zero-order valence-electron chi connectivity index (χ0n) is 16.7. The van der Waals surface area contributed by atoms with Crippen molar-refractivity contribution >= 4 is 11.8 Å². The number of ether oxygens (including phenoxy) is 1. The molecule has 150 valence electrons. The Bertz CT molecular complexity index is 1120. The molecule has 1 aliphatic rings. The molecule has 0 radical (unpaired) electrons. The van der Waals surface area contributed by atoms with Crippen LogP contribution in [0.25, 0.3) is 5.69 Å². The molecule has 1 aromatic carbocycles. The topological polar surface area (TPSA) is 76.6 Å². The van der Waals surface area contributed by atoms with Crippen molar-refractivity contribution in [1.29, 1.82) is 5.26 Å². The van der Waals surface area contributed by atoms with Crippen LogP contribution in [0.4, 0.5) is 0 Å². The quantitative estimate of drug-likeness (QED) is 0.553. The Hall–Kier alpha value is -3.29. The Morgan fingerprint density at radius 2 is 2.10 bits per heavy atom. The van der Waals surface area contributed by atoms with Crippen molar-refractivity contribution in [2.45, 2.75) is 49.6 Å². The predicted molar refractivity (Wildman–Crippen MR) is 115 cm³/mol. The minimum Gasteiger partial charge on any atom is -0.486 e.